The summed E-state index contributed by atoms with van der Waals surface area (Å²) >= 11 is 5.80. The Balaban J connectivity index is 2.93. The fraction of sp³-hybridized carbons (Fsp3) is 0.400. The van der Waals surface area contributed by atoms with Gasteiger partial charge in [-0.2, -0.15) is 0 Å². The van der Waals surface area contributed by atoms with E-state index in [0.717, 1.165) is 12.1 Å². The van der Waals surface area contributed by atoms with Crippen LogP contribution in [0.5, 0.6) is 0 Å². The van der Waals surface area contributed by atoms with Gasteiger partial charge in [0.1, 0.15) is 5.15 Å². The van der Waals surface area contributed by atoms with Gasteiger partial charge in [0.2, 0.25) is 0 Å². The predicted octanol–water partition coefficient (Wildman–Crippen LogP) is 1.50. The molecule has 1 rings (SSSR count). The third-order valence-electron chi connectivity index (χ3n) is 1.80. The Kier molecular flexibility index (Phi) is 4.05. The molecule has 0 aliphatic rings. The molecular formula is C10H14ClN3O. The van der Waals surface area contributed by atoms with Gasteiger partial charge in [-0.15, -0.1) is 0 Å². The molecular weight excluding hydrogens is 214 g/mol. The van der Waals surface area contributed by atoms with Crippen molar-refractivity contribution in [3.8, 4) is 0 Å². The van der Waals surface area contributed by atoms with Crippen LogP contribution >= 0.6 is 11.6 Å². The Labute approximate surface area is 94.2 Å². The third-order valence-corrected chi connectivity index (χ3v) is 1.99. The van der Waals surface area contributed by atoms with Crippen molar-refractivity contribution in [2.75, 3.05) is 14.1 Å². The average Bonchev–Trinajstić information content (AvgIpc) is 2.15. The molecule has 0 atom stereocenters. The molecule has 0 saturated heterocycles. The lowest BCUT2D eigenvalue weighted by Gasteiger charge is -2.12. The van der Waals surface area contributed by atoms with Gasteiger partial charge in [-0.25, -0.2) is 9.99 Å². The van der Waals surface area contributed by atoms with Crippen molar-refractivity contribution in [1.29, 1.82) is 0 Å². The first-order chi connectivity index (χ1) is 7.02. The van der Waals surface area contributed by atoms with Crippen LogP contribution in [0.3, 0.4) is 0 Å². The summed E-state index contributed by atoms with van der Waals surface area (Å²) in [5.74, 6) is -0.181. The minimum atomic E-state index is -0.181. The first-order valence-corrected chi connectivity index (χ1v) is 5.05. The van der Waals surface area contributed by atoms with Crippen LogP contribution in [0.4, 0.5) is 0 Å². The van der Waals surface area contributed by atoms with E-state index < -0.39 is 0 Å². The molecule has 82 valence electrons. The van der Waals surface area contributed by atoms with Crippen molar-refractivity contribution in [3.63, 3.8) is 0 Å². The molecule has 15 heavy (non-hydrogen) atoms. The number of aryl methyl sites for hydroxylation is 1. The zero-order valence-electron chi connectivity index (χ0n) is 9.04. The maximum absolute atomic E-state index is 11.6. The molecule has 0 fully saturated rings. The maximum Gasteiger partial charge on any atom is 0.265 e. The highest BCUT2D eigenvalue weighted by Crippen LogP contribution is 2.11. The first-order valence-electron chi connectivity index (χ1n) is 4.67. The van der Waals surface area contributed by atoms with E-state index >= 15 is 0 Å². The molecule has 0 aromatic carbocycles. The van der Waals surface area contributed by atoms with Crippen molar-refractivity contribution >= 4 is 17.5 Å². The van der Waals surface area contributed by atoms with Crippen LogP contribution in [-0.2, 0) is 6.42 Å². The minimum Gasteiger partial charge on any atom is -0.285 e. The van der Waals surface area contributed by atoms with E-state index in [1.165, 1.54) is 0 Å². The first kappa shape index (κ1) is 11.9. The summed E-state index contributed by atoms with van der Waals surface area (Å²) in [7, 11) is 3.50. The number of hydrazine groups is 1. The number of nitrogens with zero attached hydrogens (tertiary/aromatic N) is 2. The highest BCUT2D eigenvalue weighted by Gasteiger charge is 2.08. The molecule has 0 radical (unpaired) electrons. The lowest BCUT2D eigenvalue weighted by atomic mass is 10.2. The van der Waals surface area contributed by atoms with E-state index in [9.17, 15) is 4.79 Å². The van der Waals surface area contributed by atoms with Gasteiger partial charge in [0.15, 0.2) is 0 Å². The van der Waals surface area contributed by atoms with Crippen molar-refractivity contribution in [3.05, 3.63) is 28.5 Å². The molecule has 1 aromatic heterocycles. The van der Waals surface area contributed by atoms with Gasteiger partial charge >= 0.3 is 0 Å². The van der Waals surface area contributed by atoms with Gasteiger partial charge in [0, 0.05) is 25.4 Å². The molecule has 1 N–H and O–H groups in total. The second kappa shape index (κ2) is 5.09. The van der Waals surface area contributed by atoms with Crippen LogP contribution in [0.1, 0.15) is 23.0 Å². The summed E-state index contributed by atoms with van der Waals surface area (Å²) in [6.07, 6.45) is 0.753. The second-order valence-electron chi connectivity index (χ2n) is 3.36. The van der Waals surface area contributed by atoms with Crippen LogP contribution in [0.15, 0.2) is 12.1 Å². The molecule has 1 aromatic rings. The normalized spacial score (nSPS) is 10.5. The summed E-state index contributed by atoms with van der Waals surface area (Å²) in [5, 5.41) is 1.93. The van der Waals surface area contributed by atoms with Crippen molar-refractivity contribution in [1.82, 2.24) is 15.4 Å². The zero-order valence-corrected chi connectivity index (χ0v) is 9.80. The van der Waals surface area contributed by atoms with Gasteiger partial charge in [-0.1, -0.05) is 18.5 Å². The van der Waals surface area contributed by atoms with Crippen LogP contribution in [-0.4, -0.2) is 30.0 Å². The second-order valence-corrected chi connectivity index (χ2v) is 3.75. The van der Waals surface area contributed by atoms with Gasteiger partial charge in [0.25, 0.3) is 5.91 Å². The van der Waals surface area contributed by atoms with Crippen LogP contribution in [0, 0.1) is 0 Å². The molecule has 0 aliphatic heterocycles. The lowest BCUT2D eigenvalue weighted by Crippen LogP contribution is -2.36. The molecule has 0 aliphatic carbocycles. The number of nitrogens with one attached hydrogen (secondary N) is 1. The highest BCUT2D eigenvalue weighted by molar-refractivity contribution is 6.29. The Morgan fingerprint density at radius 1 is 1.53 bits per heavy atom. The Hall–Kier alpha value is -1.13. The molecule has 0 unspecified atom stereocenters. The summed E-state index contributed by atoms with van der Waals surface area (Å²) in [5.41, 5.74) is 3.99. The number of hydrogen-bond acceptors (Lipinski definition) is 3. The van der Waals surface area contributed by atoms with Crippen LogP contribution < -0.4 is 5.43 Å². The number of halogens is 1. The fourth-order valence-electron chi connectivity index (χ4n) is 1.13. The fourth-order valence-corrected chi connectivity index (χ4v) is 1.36. The number of rotatable bonds is 3. The lowest BCUT2D eigenvalue weighted by molar-refractivity contribution is 0.0856. The number of pyridine rings is 1. The molecule has 4 nitrogen and oxygen atoms in total. The van der Waals surface area contributed by atoms with Crippen molar-refractivity contribution < 1.29 is 4.79 Å². The Morgan fingerprint density at radius 2 is 2.20 bits per heavy atom. The van der Waals surface area contributed by atoms with Crippen LogP contribution in [0.25, 0.3) is 0 Å². The van der Waals surface area contributed by atoms with E-state index in [2.05, 4.69) is 10.4 Å². The van der Waals surface area contributed by atoms with Crippen molar-refractivity contribution in [2.45, 2.75) is 13.3 Å². The maximum atomic E-state index is 11.6. The summed E-state index contributed by atoms with van der Waals surface area (Å²) < 4.78 is 0. The molecule has 1 heterocycles. The zero-order chi connectivity index (χ0) is 11.4. The van der Waals surface area contributed by atoms with Gasteiger partial charge in [0.05, 0.1) is 0 Å². The molecule has 5 heteroatoms. The van der Waals surface area contributed by atoms with E-state index in [4.69, 9.17) is 11.6 Å². The average molecular weight is 228 g/mol. The molecule has 1 amide bonds. The molecule has 0 spiro atoms. The number of carbonyl (C=O) groups excluding carboxylic acids is 1. The third kappa shape index (κ3) is 3.49. The minimum absolute atomic E-state index is 0.181. The predicted molar refractivity (Wildman–Crippen MR) is 59.8 cm³/mol. The molecule has 0 saturated carbocycles. The molecule has 0 bridgehead atoms. The standard InChI is InChI=1S/C10H14ClN3O/c1-4-8-5-7(6-9(11)12-8)10(15)13-14(2)3/h5-6H,4H2,1-3H3,(H,13,15). The topological polar surface area (TPSA) is 45.2 Å². The Bertz CT molecular complexity index is 366. The van der Waals surface area contributed by atoms with Crippen LogP contribution in [0.2, 0.25) is 5.15 Å². The van der Waals surface area contributed by atoms with Gasteiger partial charge in [-0.05, 0) is 18.6 Å². The number of aromatic nitrogens is 1. The quantitative estimate of drug-likeness (QED) is 0.629. The Morgan fingerprint density at radius 3 is 2.73 bits per heavy atom. The van der Waals surface area contributed by atoms with Gasteiger partial charge < -0.3 is 0 Å². The summed E-state index contributed by atoms with van der Waals surface area (Å²) in [6, 6.07) is 3.30. The summed E-state index contributed by atoms with van der Waals surface area (Å²) in [4.78, 5) is 15.7. The monoisotopic (exact) mass is 227 g/mol. The van der Waals surface area contributed by atoms with E-state index in [1.807, 2.05) is 6.92 Å². The van der Waals surface area contributed by atoms with E-state index in [0.29, 0.717) is 10.7 Å². The van der Waals surface area contributed by atoms with Gasteiger partial charge in [-0.3, -0.25) is 10.2 Å². The smallest absolute Gasteiger partial charge is 0.265 e. The number of carbonyl (C=O) groups is 1. The number of hydrogen-bond donors (Lipinski definition) is 1. The van der Waals surface area contributed by atoms with E-state index in [1.54, 1.807) is 31.2 Å². The summed E-state index contributed by atoms with van der Waals surface area (Å²) in [6.45, 7) is 1.96. The van der Waals surface area contributed by atoms with Crippen molar-refractivity contribution in [2.24, 2.45) is 0 Å². The van der Waals surface area contributed by atoms with E-state index in [-0.39, 0.29) is 5.91 Å². The largest absolute Gasteiger partial charge is 0.285 e. The highest BCUT2D eigenvalue weighted by atomic mass is 35.5. The SMILES string of the molecule is CCc1cc(C(=O)NN(C)C)cc(Cl)n1. The number of amides is 1.